The van der Waals surface area contributed by atoms with Gasteiger partial charge in [-0.3, -0.25) is 14.5 Å². The van der Waals surface area contributed by atoms with E-state index in [0.717, 1.165) is 30.2 Å². The smallest absolute Gasteiger partial charge is 0.353 e. The third-order valence-electron chi connectivity index (χ3n) is 8.67. The molecule has 44 heavy (non-hydrogen) atoms. The molecule has 1 aliphatic carbocycles. The summed E-state index contributed by atoms with van der Waals surface area (Å²) >= 11 is 0. The molecule has 1 aromatic heterocycles. The first-order chi connectivity index (χ1) is 21.0. The first-order valence-corrected chi connectivity index (χ1v) is 14.6. The van der Waals surface area contributed by atoms with E-state index in [-0.39, 0.29) is 42.1 Å². The summed E-state index contributed by atoms with van der Waals surface area (Å²) in [5, 5.41) is 2.68. The van der Waals surface area contributed by atoms with Crippen LogP contribution in [0.1, 0.15) is 64.5 Å². The Hall–Kier alpha value is -4.36. The van der Waals surface area contributed by atoms with E-state index < -0.39 is 17.6 Å². The molecule has 0 saturated heterocycles. The van der Waals surface area contributed by atoms with Crippen LogP contribution in [0.3, 0.4) is 0 Å². The Bertz CT molecular complexity index is 1610. The van der Waals surface area contributed by atoms with Crippen LogP contribution in [0.15, 0.2) is 61.6 Å². The molecule has 2 aliphatic rings. The Balaban J connectivity index is 1.43. The van der Waals surface area contributed by atoms with Crippen molar-refractivity contribution in [2.45, 2.75) is 50.9 Å². The van der Waals surface area contributed by atoms with E-state index in [1.54, 1.807) is 18.5 Å². The number of hydrogen-bond acceptors (Lipinski definition) is 4. The number of carbonyl (C=O) groups excluding carboxylic acids is 2. The third kappa shape index (κ3) is 6.02. The van der Waals surface area contributed by atoms with Crippen molar-refractivity contribution in [2.24, 2.45) is 13.0 Å². The van der Waals surface area contributed by atoms with Gasteiger partial charge in [-0.05, 0) is 72.2 Å². The number of anilines is 1. The number of nitrogens with one attached hydrogen (secondary N) is 1. The fourth-order valence-corrected chi connectivity index (χ4v) is 6.72. The molecule has 1 N–H and O–H groups in total. The van der Waals surface area contributed by atoms with E-state index in [1.807, 2.05) is 40.9 Å². The summed E-state index contributed by atoms with van der Waals surface area (Å²) in [5.41, 5.74) is 1.96. The van der Waals surface area contributed by atoms with Crippen molar-refractivity contribution >= 4 is 17.5 Å². The number of imidazole rings is 1. The quantitative estimate of drug-likeness (QED) is 0.180. The number of halogens is 3. The standard InChI is InChI=1S/C34H36F3N5O2/c1-5-12-41(13-8-11-39-31(43)6-2)20-24-14-27-28(29(15-24)34(35,36)37)21-42(32(27)44)26-10-7-9-25(16-26)33(17-23(3)18-33)30-19-38-22-40(30)4/h1,6-7,9-10,14-16,19,22-23H,2,8,11-13,17-18,20-21H2,3-4H3,(H,39,43). The fourth-order valence-electron chi connectivity index (χ4n) is 6.72. The molecule has 1 aliphatic heterocycles. The fraction of sp³-hybridized carbons (Fsp3) is 0.382. The summed E-state index contributed by atoms with van der Waals surface area (Å²) < 4.78 is 45.2. The maximum atomic E-state index is 14.4. The molecule has 0 radical (unpaired) electrons. The average molecular weight is 604 g/mol. The second kappa shape index (κ2) is 12.3. The number of hydrogen-bond donors (Lipinski definition) is 1. The van der Waals surface area contributed by atoms with E-state index in [4.69, 9.17) is 6.42 Å². The van der Waals surface area contributed by atoms with Gasteiger partial charge in [0, 0.05) is 55.2 Å². The van der Waals surface area contributed by atoms with Gasteiger partial charge in [-0.25, -0.2) is 4.98 Å². The SMILES string of the molecule is C#CCN(CCCNC(=O)C=C)Cc1cc2c(c(C(F)(F)F)c1)CN(c1cccc(C3(c4cncn4C)CC(C)C3)c1)C2=O. The molecule has 10 heteroatoms. The lowest BCUT2D eigenvalue weighted by Gasteiger charge is -2.47. The van der Waals surface area contributed by atoms with E-state index in [9.17, 15) is 22.8 Å². The molecule has 2 heterocycles. The van der Waals surface area contributed by atoms with Gasteiger partial charge in [0.1, 0.15) is 0 Å². The summed E-state index contributed by atoms with van der Waals surface area (Å²) in [6, 6.07) is 10.3. The molecule has 2 amide bonds. The number of carbonyl (C=O) groups is 2. The Morgan fingerprint density at radius 3 is 2.70 bits per heavy atom. The highest BCUT2D eigenvalue weighted by Gasteiger charge is 2.47. The van der Waals surface area contributed by atoms with Crippen LogP contribution in [0.25, 0.3) is 0 Å². The minimum absolute atomic E-state index is 0.0223. The molecule has 0 atom stereocenters. The Morgan fingerprint density at radius 2 is 2.07 bits per heavy atom. The molecular formula is C34H36F3N5O2. The molecule has 0 spiro atoms. The van der Waals surface area contributed by atoms with Crippen LogP contribution >= 0.6 is 0 Å². The normalized spacial score (nSPS) is 19.4. The van der Waals surface area contributed by atoms with Crippen molar-refractivity contribution in [1.82, 2.24) is 19.8 Å². The van der Waals surface area contributed by atoms with Gasteiger partial charge in [0.25, 0.3) is 5.91 Å². The minimum Gasteiger partial charge on any atom is -0.353 e. The number of benzene rings is 2. The van der Waals surface area contributed by atoms with Gasteiger partial charge in [0.15, 0.2) is 0 Å². The zero-order valence-electron chi connectivity index (χ0n) is 25.0. The number of terminal acetylenes is 1. The Kier molecular flexibility index (Phi) is 8.71. The molecule has 230 valence electrons. The van der Waals surface area contributed by atoms with Crippen molar-refractivity contribution in [3.05, 3.63) is 95.1 Å². The predicted molar refractivity (Wildman–Crippen MR) is 163 cm³/mol. The number of rotatable bonds is 11. The van der Waals surface area contributed by atoms with Gasteiger partial charge in [0.2, 0.25) is 5.91 Å². The number of aromatic nitrogens is 2. The highest BCUT2D eigenvalue weighted by molar-refractivity contribution is 6.10. The number of fused-ring (bicyclic) bond motifs is 1. The summed E-state index contributed by atoms with van der Waals surface area (Å²) in [5.74, 6) is 2.30. The van der Waals surface area contributed by atoms with Crippen molar-refractivity contribution in [3.8, 4) is 12.3 Å². The summed E-state index contributed by atoms with van der Waals surface area (Å²) in [6.07, 6.45) is 8.08. The predicted octanol–water partition coefficient (Wildman–Crippen LogP) is 5.44. The molecule has 0 bridgehead atoms. The monoisotopic (exact) mass is 603 g/mol. The lowest BCUT2D eigenvalue weighted by Crippen LogP contribution is -2.42. The van der Waals surface area contributed by atoms with Gasteiger partial charge in [-0.2, -0.15) is 13.2 Å². The number of nitrogens with zero attached hydrogens (tertiary/aromatic N) is 4. The first-order valence-electron chi connectivity index (χ1n) is 14.6. The molecule has 1 fully saturated rings. The van der Waals surface area contributed by atoms with Gasteiger partial charge in [-0.15, -0.1) is 6.42 Å². The van der Waals surface area contributed by atoms with E-state index in [0.29, 0.717) is 36.7 Å². The molecule has 2 aromatic carbocycles. The van der Waals surface area contributed by atoms with E-state index >= 15 is 0 Å². The Labute approximate surface area is 255 Å². The topological polar surface area (TPSA) is 70.5 Å². The lowest BCUT2D eigenvalue weighted by molar-refractivity contribution is -0.138. The molecule has 3 aromatic rings. The highest BCUT2D eigenvalue weighted by atomic mass is 19.4. The number of amides is 2. The van der Waals surface area contributed by atoms with Crippen LogP contribution in [0.5, 0.6) is 0 Å². The highest BCUT2D eigenvalue weighted by Crippen LogP contribution is 2.52. The Morgan fingerprint density at radius 1 is 1.30 bits per heavy atom. The lowest BCUT2D eigenvalue weighted by atomic mass is 9.57. The maximum Gasteiger partial charge on any atom is 0.416 e. The van der Waals surface area contributed by atoms with Crippen molar-refractivity contribution in [2.75, 3.05) is 24.5 Å². The van der Waals surface area contributed by atoms with Crippen LogP contribution in [0, 0.1) is 18.3 Å². The second-order valence-electron chi connectivity index (χ2n) is 11.9. The molecule has 0 unspecified atom stereocenters. The first kappa shape index (κ1) is 31.1. The van der Waals surface area contributed by atoms with E-state index in [2.05, 4.69) is 29.7 Å². The van der Waals surface area contributed by atoms with Crippen molar-refractivity contribution in [1.29, 1.82) is 0 Å². The van der Waals surface area contributed by atoms with Crippen LogP contribution in [-0.4, -0.2) is 45.9 Å². The van der Waals surface area contributed by atoms with Crippen LogP contribution < -0.4 is 10.2 Å². The summed E-state index contributed by atoms with van der Waals surface area (Å²) in [6.45, 7) is 6.59. The van der Waals surface area contributed by atoms with Gasteiger partial charge in [-0.1, -0.05) is 31.6 Å². The molecular weight excluding hydrogens is 567 g/mol. The van der Waals surface area contributed by atoms with Gasteiger partial charge >= 0.3 is 6.18 Å². The van der Waals surface area contributed by atoms with E-state index in [1.165, 1.54) is 11.0 Å². The zero-order chi connectivity index (χ0) is 31.6. The van der Waals surface area contributed by atoms with Crippen LogP contribution in [0.4, 0.5) is 18.9 Å². The van der Waals surface area contributed by atoms with Crippen LogP contribution in [0.2, 0.25) is 0 Å². The largest absolute Gasteiger partial charge is 0.416 e. The van der Waals surface area contributed by atoms with Crippen molar-refractivity contribution < 1.29 is 22.8 Å². The molecule has 7 nitrogen and oxygen atoms in total. The number of aryl methyl sites for hydroxylation is 1. The summed E-state index contributed by atoms with van der Waals surface area (Å²) in [4.78, 5) is 32.8. The van der Waals surface area contributed by atoms with Crippen molar-refractivity contribution in [3.63, 3.8) is 0 Å². The third-order valence-corrected chi connectivity index (χ3v) is 8.67. The minimum atomic E-state index is -4.64. The molecule has 1 saturated carbocycles. The maximum absolute atomic E-state index is 14.4. The van der Waals surface area contributed by atoms with Crippen LogP contribution in [-0.2, 0) is 36.5 Å². The van der Waals surface area contributed by atoms with Gasteiger partial charge < -0.3 is 14.8 Å². The molecule has 5 rings (SSSR count). The average Bonchev–Trinajstić information content (AvgIpc) is 3.55. The number of alkyl halides is 3. The zero-order valence-corrected chi connectivity index (χ0v) is 25.0. The second-order valence-corrected chi connectivity index (χ2v) is 11.9. The summed E-state index contributed by atoms with van der Waals surface area (Å²) in [7, 11) is 1.96. The van der Waals surface area contributed by atoms with Gasteiger partial charge in [0.05, 0.1) is 25.0 Å².